The first-order valence-corrected chi connectivity index (χ1v) is 4.99. The van der Waals surface area contributed by atoms with Crippen LogP contribution in [0.2, 0.25) is 0 Å². The predicted molar refractivity (Wildman–Crippen MR) is 64.7 cm³/mol. The highest BCUT2D eigenvalue weighted by Crippen LogP contribution is 1.95. The third-order valence-corrected chi connectivity index (χ3v) is 1.78. The van der Waals surface area contributed by atoms with Gasteiger partial charge in [-0.1, -0.05) is 44.1 Å². The van der Waals surface area contributed by atoms with Crippen LogP contribution in [0.4, 0.5) is 0 Å². The molecule has 0 saturated carbocycles. The van der Waals surface area contributed by atoms with Gasteiger partial charge in [-0.15, -0.1) is 12.4 Å². The van der Waals surface area contributed by atoms with Crippen molar-refractivity contribution in [2.24, 2.45) is 5.73 Å². The van der Waals surface area contributed by atoms with Gasteiger partial charge >= 0.3 is 0 Å². The van der Waals surface area contributed by atoms with Crippen LogP contribution >= 0.6 is 12.4 Å². The van der Waals surface area contributed by atoms with Gasteiger partial charge in [-0.25, -0.2) is 0 Å². The van der Waals surface area contributed by atoms with E-state index in [0.717, 1.165) is 12.8 Å². The second-order valence-electron chi connectivity index (χ2n) is 3.18. The summed E-state index contributed by atoms with van der Waals surface area (Å²) < 4.78 is 0. The standard InChI is InChI=1S/C11H21NO.ClH/c1-2-3-4-5-6-7-8-9-11(12)10-13;/h5-8,11,13H,2-4,9-10,12H2,1H3;1H/b6-5+,8-7+;. The molecule has 0 spiro atoms. The lowest BCUT2D eigenvalue weighted by molar-refractivity contribution is 0.266. The molecule has 0 aromatic heterocycles. The molecular weight excluding hydrogens is 198 g/mol. The molecule has 14 heavy (non-hydrogen) atoms. The lowest BCUT2D eigenvalue weighted by atomic mass is 10.2. The fourth-order valence-corrected chi connectivity index (χ4v) is 0.903. The van der Waals surface area contributed by atoms with Crippen LogP contribution < -0.4 is 5.73 Å². The number of aliphatic hydroxyl groups is 1. The van der Waals surface area contributed by atoms with Gasteiger partial charge in [-0.3, -0.25) is 0 Å². The van der Waals surface area contributed by atoms with E-state index in [1.54, 1.807) is 0 Å². The average molecular weight is 220 g/mol. The maximum absolute atomic E-state index is 8.63. The summed E-state index contributed by atoms with van der Waals surface area (Å²) in [6, 6.07) is -0.111. The molecule has 0 saturated heterocycles. The van der Waals surface area contributed by atoms with Crippen molar-refractivity contribution in [2.75, 3.05) is 6.61 Å². The Balaban J connectivity index is 0. The van der Waals surface area contributed by atoms with Crippen LogP contribution in [0.5, 0.6) is 0 Å². The van der Waals surface area contributed by atoms with Crippen LogP contribution in [-0.4, -0.2) is 17.8 Å². The van der Waals surface area contributed by atoms with Gasteiger partial charge in [0.05, 0.1) is 6.61 Å². The normalized spacial score (nSPS) is 13.4. The van der Waals surface area contributed by atoms with Crippen molar-refractivity contribution in [3.63, 3.8) is 0 Å². The molecule has 0 heterocycles. The monoisotopic (exact) mass is 219 g/mol. The second-order valence-corrected chi connectivity index (χ2v) is 3.18. The first-order valence-electron chi connectivity index (χ1n) is 4.99. The number of halogens is 1. The topological polar surface area (TPSA) is 46.2 Å². The Bertz CT molecular complexity index is 157. The molecule has 0 aromatic rings. The van der Waals surface area contributed by atoms with Crippen LogP contribution in [0.1, 0.15) is 32.6 Å². The van der Waals surface area contributed by atoms with Crippen molar-refractivity contribution < 1.29 is 5.11 Å². The van der Waals surface area contributed by atoms with Crippen molar-refractivity contribution in [1.82, 2.24) is 0 Å². The lowest BCUT2D eigenvalue weighted by Crippen LogP contribution is -2.22. The summed E-state index contributed by atoms with van der Waals surface area (Å²) in [4.78, 5) is 0. The highest BCUT2D eigenvalue weighted by Gasteiger charge is 1.93. The minimum atomic E-state index is -0.111. The van der Waals surface area contributed by atoms with Crippen molar-refractivity contribution >= 4 is 12.4 Å². The average Bonchev–Trinajstić information content (AvgIpc) is 2.16. The minimum Gasteiger partial charge on any atom is -0.395 e. The molecule has 0 aliphatic rings. The highest BCUT2D eigenvalue weighted by molar-refractivity contribution is 5.85. The zero-order valence-corrected chi connectivity index (χ0v) is 9.67. The van der Waals surface area contributed by atoms with Gasteiger partial charge in [0.1, 0.15) is 0 Å². The van der Waals surface area contributed by atoms with Crippen LogP contribution in [0, 0.1) is 0 Å². The van der Waals surface area contributed by atoms with Crippen molar-refractivity contribution in [3.05, 3.63) is 24.3 Å². The van der Waals surface area contributed by atoms with E-state index < -0.39 is 0 Å². The third-order valence-electron chi connectivity index (χ3n) is 1.78. The van der Waals surface area contributed by atoms with Gasteiger partial charge in [-0.05, 0) is 12.8 Å². The summed E-state index contributed by atoms with van der Waals surface area (Å²) >= 11 is 0. The first-order chi connectivity index (χ1) is 6.31. The highest BCUT2D eigenvalue weighted by atomic mass is 35.5. The number of hydrogen-bond donors (Lipinski definition) is 2. The Morgan fingerprint density at radius 1 is 1.29 bits per heavy atom. The smallest absolute Gasteiger partial charge is 0.0585 e. The zero-order chi connectivity index (χ0) is 9.94. The second kappa shape index (κ2) is 12.7. The summed E-state index contributed by atoms with van der Waals surface area (Å²) in [7, 11) is 0. The van der Waals surface area contributed by atoms with Gasteiger partial charge in [0.15, 0.2) is 0 Å². The Hall–Kier alpha value is -0.310. The lowest BCUT2D eigenvalue weighted by Gasteiger charge is -2.01. The fourth-order valence-electron chi connectivity index (χ4n) is 0.903. The maximum atomic E-state index is 8.63. The molecule has 1 atom stereocenters. The zero-order valence-electron chi connectivity index (χ0n) is 8.86. The van der Waals surface area contributed by atoms with E-state index in [2.05, 4.69) is 13.0 Å². The SMILES string of the molecule is CCCC/C=C/C=C/CC(N)CO.Cl. The van der Waals surface area contributed by atoms with Crippen LogP contribution in [0.15, 0.2) is 24.3 Å². The Labute approximate surface area is 93.3 Å². The molecule has 0 bridgehead atoms. The molecule has 0 aliphatic carbocycles. The van der Waals surface area contributed by atoms with E-state index in [9.17, 15) is 0 Å². The maximum Gasteiger partial charge on any atom is 0.0585 e. The number of aliphatic hydroxyl groups excluding tert-OH is 1. The van der Waals surface area contributed by atoms with Gasteiger partial charge in [0, 0.05) is 6.04 Å². The molecule has 84 valence electrons. The molecule has 3 N–H and O–H groups in total. The number of rotatable bonds is 7. The Morgan fingerprint density at radius 2 is 1.93 bits per heavy atom. The Morgan fingerprint density at radius 3 is 2.50 bits per heavy atom. The quantitative estimate of drug-likeness (QED) is 0.510. The van der Waals surface area contributed by atoms with Crippen molar-refractivity contribution in [2.45, 2.75) is 38.6 Å². The van der Waals surface area contributed by atoms with E-state index in [1.807, 2.05) is 18.2 Å². The Kier molecular flexibility index (Phi) is 14.6. The molecule has 0 aliphatic heterocycles. The third kappa shape index (κ3) is 11.7. The van der Waals surface area contributed by atoms with Gasteiger partial charge < -0.3 is 10.8 Å². The summed E-state index contributed by atoms with van der Waals surface area (Å²) in [6.07, 6.45) is 12.6. The molecule has 1 unspecified atom stereocenters. The van der Waals surface area contributed by atoms with E-state index >= 15 is 0 Å². The molecule has 0 radical (unpaired) electrons. The molecule has 0 rings (SSSR count). The van der Waals surface area contributed by atoms with E-state index in [0.29, 0.717) is 0 Å². The van der Waals surface area contributed by atoms with E-state index in [4.69, 9.17) is 10.8 Å². The minimum absolute atomic E-state index is 0. The molecular formula is C11H22ClNO. The van der Waals surface area contributed by atoms with Crippen molar-refractivity contribution in [1.29, 1.82) is 0 Å². The van der Waals surface area contributed by atoms with Gasteiger partial charge in [0.25, 0.3) is 0 Å². The van der Waals surface area contributed by atoms with E-state index in [-0.39, 0.29) is 25.1 Å². The number of hydrogen-bond acceptors (Lipinski definition) is 2. The summed E-state index contributed by atoms with van der Waals surface area (Å²) in [5, 5.41) is 8.63. The predicted octanol–water partition coefficient (Wildman–Crippen LogP) is 2.42. The fraction of sp³-hybridized carbons (Fsp3) is 0.636. The summed E-state index contributed by atoms with van der Waals surface area (Å²) in [6.45, 7) is 2.24. The molecule has 2 nitrogen and oxygen atoms in total. The van der Waals surface area contributed by atoms with Crippen LogP contribution in [-0.2, 0) is 0 Å². The van der Waals surface area contributed by atoms with Crippen LogP contribution in [0.3, 0.4) is 0 Å². The van der Waals surface area contributed by atoms with Crippen LogP contribution in [0.25, 0.3) is 0 Å². The summed E-state index contributed by atoms with van der Waals surface area (Å²) in [5.74, 6) is 0. The summed E-state index contributed by atoms with van der Waals surface area (Å²) in [5.41, 5.74) is 5.51. The number of nitrogens with two attached hydrogens (primary N) is 1. The molecule has 0 fully saturated rings. The van der Waals surface area contributed by atoms with Gasteiger partial charge in [0.2, 0.25) is 0 Å². The first kappa shape index (κ1) is 16.1. The number of unbranched alkanes of at least 4 members (excludes halogenated alkanes) is 2. The van der Waals surface area contributed by atoms with Crippen molar-refractivity contribution in [3.8, 4) is 0 Å². The van der Waals surface area contributed by atoms with Gasteiger partial charge in [-0.2, -0.15) is 0 Å². The molecule has 3 heteroatoms. The molecule has 0 aromatic carbocycles. The number of allylic oxidation sites excluding steroid dienone is 3. The van der Waals surface area contributed by atoms with E-state index in [1.165, 1.54) is 12.8 Å². The largest absolute Gasteiger partial charge is 0.395 e. The molecule has 0 amide bonds.